The fourth-order valence-corrected chi connectivity index (χ4v) is 3.98. The number of carbonyl (C=O) groups excluding carboxylic acids is 1. The smallest absolute Gasteiger partial charge is 0.255 e. The van der Waals surface area contributed by atoms with E-state index in [9.17, 15) is 10.1 Å². The van der Waals surface area contributed by atoms with E-state index in [0.717, 1.165) is 39.0 Å². The minimum atomic E-state index is -0.209. The molecule has 8 heteroatoms. The van der Waals surface area contributed by atoms with Crippen molar-refractivity contribution in [1.29, 1.82) is 5.26 Å². The maximum atomic E-state index is 12.9. The lowest BCUT2D eigenvalue weighted by Crippen LogP contribution is -2.16. The zero-order chi connectivity index (χ0) is 24.9. The highest BCUT2D eigenvalue weighted by atomic mass is 31.0. The van der Waals surface area contributed by atoms with Crippen LogP contribution in [0.25, 0.3) is 10.9 Å². The van der Waals surface area contributed by atoms with Crippen molar-refractivity contribution >= 4 is 59.8 Å². The molecule has 0 radical (unpaired) electrons. The molecule has 2 heterocycles. The first-order valence-corrected chi connectivity index (χ1v) is 11.7. The fraction of sp³-hybridized carbons (Fsp3) is 0. The molecule has 0 bridgehead atoms. The number of hydrogen-bond acceptors (Lipinski definition) is 6. The standard InChI is InChI=1S/C28H21N6OP/c29-17-18-1-7-24-23(15-18)25(11-14-31-24)33-20-4-2-19(3-5-20)28(35)34-26-16-22(6-8-27(26)36)32-21-9-12-30-13-10-21/h1-16H,36H2,(H,30,32)(H,31,33)(H,34,35). The van der Waals surface area contributed by atoms with Crippen LogP contribution in [-0.4, -0.2) is 15.9 Å². The summed E-state index contributed by atoms with van der Waals surface area (Å²) in [6.07, 6.45) is 5.15. The Balaban J connectivity index is 1.31. The van der Waals surface area contributed by atoms with Gasteiger partial charge in [0, 0.05) is 52.3 Å². The number of anilines is 5. The molecule has 1 atom stereocenters. The molecule has 2 aromatic heterocycles. The molecule has 36 heavy (non-hydrogen) atoms. The Morgan fingerprint density at radius 3 is 2.31 bits per heavy atom. The molecule has 0 fully saturated rings. The van der Waals surface area contributed by atoms with Gasteiger partial charge in [-0.3, -0.25) is 14.8 Å². The highest BCUT2D eigenvalue weighted by Crippen LogP contribution is 2.26. The van der Waals surface area contributed by atoms with Gasteiger partial charge in [0.25, 0.3) is 5.91 Å². The predicted molar refractivity (Wildman–Crippen MR) is 147 cm³/mol. The van der Waals surface area contributed by atoms with Crippen LogP contribution in [0, 0.1) is 11.3 Å². The second kappa shape index (κ2) is 10.2. The maximum Gasteiger partial charge on any atom is 0.255 e. The van der Waals surface area contributed by atoms with Crippen LogP contribution in [0.5, 0.6) is 0 Å². The van der Waals surface area contributed by atoms with Crippen LogP contribution in [0.1, 0.15) is 15.9 Å². The third-order valence-electron chi connectivity index (χ3n) is 5.57. The van der Waals surface area contributed by atoms with Gasteiger partial charge < -0.3 is 16.0 Å². The van der Waals surface area contributed by atoms with Gasteiger partial charge in [0.2, 0.25) is 0 Å². The number of aromatic nitrogens is 2. The van der Waals surface area contributed by atoms with Gasteiger partial charge in [0.1, 0.15) is 0 Å². The fourth-order valence-electron chi connectivity index (χ4n) is 3.72. The molecule has 5 aromatic rings. The van der Waals surface area contributed by atoms with E-state index in [-0.39, 0.29) is 5.91 Å². The molecule has 0 spiro atoms. The van der Waals surface area contributed by atoms with Crippen molar-refractivity contribution in [2.45, 2.75) is 0 Å². The van der Waals surface area contributed by atoms with Crippen LogP contribution >= 0.6 is 9.24 Å². The molecular formula is C28H21N6OP. The average Bonchev–Trinajstić information content (AvgIpc) is 2.91. The van der Waals surface area contributed by atoms with Gasteiger partial charge in [0.05, 0.1) is 22.8 Å². The number of nitrogens with one attached hydrogen (secondary N) is 3. The maximum absolute atomic E-state index is 12.9. The lowest BCUT2D eigenvalue weighted by atomic mass is 10.1. The Bertz CT molecular complexity index is 1600. The molecule has 1 amide bonds. The summed E-state index contributed by atoms with van der Waals surface area (Å²) in [4.78, 5) is 21.3. The van der Waals surface area contributed by atoms with Crippen molar-refractivity contribution in [1.82, 2.24) is 9.97 Å². The summed E-state index contributed by atoms with van der Waals surface area (Å²) >= 11 is 0. The van der Waals surface area contributed by atoms with Crippen molar-refractivity contribution < 1.29 is 4.79 Å². The van der Waals surface area contributed by atoms with Crippen LogP contribution in [0.15, 0.2) is 97.5 Å². The van der Waals surface area contributed by atoms with Gasteiger partial charge in [-0.2, -0.15) is 5.26 Å². The number of pyridine rings is 2. The number of hydrogen-bond donors (Lipinski definition) is 3. The molecule has 0 aliphatic rings. The summed E-state index contributed by atoms with van der Waals surface area (Å²) in [5.41, 5.74) is 6.01. The number of carbonyl (C=O) groups is 1. The first kappa shape index (κ1) is 23.0. The van der Waals surface area contributed by atoms with Crippen LogP contribution in [-0.2, 0) is 0 Å². The quantitative estimate of drug-likeness (QED) is 0.263. The number of fused-ring (bicyclic) bond motifs is 1. The molecule has 1 unspecified atom stereocenters. The number of nitriles is 1. The van der Waals surface area contributed by atoms with E-state index in [1.807, 2.05) is 60.7 Å². The molecule has 3 aromatic carbocycles. The van der Waals surface area contributed by atoms with Gasteiger partial charge in [0.15, 0.2) is 0 Å². The number of nitrogens with zero attached hydrogens (tertiary/aromatic N) is 3. The second-order valence-corrected chi connectivity index (χ2v) is 8.64. The van der Waals surface area contributed by atoms with Crippen molar-refractivity contribution in [3.8, 4) is 6.07 Å². The van der Waals surface area contributed by atoms with Gasteiger partial charge in [-0.15, -0.1) is 9.24 Å². The van der Waals surface area contributed by atoms with E-state index < -0.39 is 0 Å². The highest BCUT2D eigenvalue weighted by Gasteiger charge is 2.10. The van der Waals surface area contributed by atoms with E-state index in [2.05, 4.69) is 41.2 Å². The molecule has 0 aliphatic heterocycles. The number of rotatable bonds is 6. The summed E-state index contributed by atoms with van der Waals surface area (Å²) < 4.78 is 0. The monoisotopic (exact) mass is 488 g/mol. The van der Waals surface area contributed by atoms with Gasteiger partial charge >= 0.3 is 0 Å². The summed E-state index contributed by atoms with van der Waals surface area (Å²) in [7, 11) is 2.64. The van der Waals surface area contributed by atoms with E-state index in [0.29, 0.717) is 16.8 Å². The molecular weight excluding hydrogens is 467 g/mol. The normalized spacial score (nSPS) is 10.4. The first-order chi connectivity index (χ1) is 17.6. The van der Waals surface area contributed by atoms with Crippen LogP contribution in [0.2, 0.25) is 0 Å². The summed E-state index contributed by atoms with van der Waals surface area (Å²) in [5.74, 6) is -0.209. The zero-order valence-corrected chi connectivity index (χ0v) is 20.2. The third-order valence-corrected chi connectivity index (χ3v) is 6.07. The summed E-state index contributed by atoms with van der Waals surface area (Å²) in [6.45, 7) is 0. The van der Waals surface area contributed by atoms with Gasteiger partial charge in [-0.05, 0) is 78.1 Å². The van der Waals surface area contributed by atoms with Crippen LogP contribution < -0.4 is 21.3 Å². The van der Waals surface area contributed by atoms with E-state index >= 15 is 0 Å². The van der Waals surface area contributed by atoms with E-state index in [1.54, 1.807) is 36.8 Å². The Morgan fingerprint density at radius 2 is 1.53 bits per heavy atom. The number of amides is 1. The average molecular weight is 488 g/mol. The SMILES string of the molecule is N#Cc1ccc2nccc(Nc3ccc(C(=O)Nc4cc(Nc5ccncc5)ccc4P)cc3)c2c1. The van der Waals surface area contributed by atoms with Crippen LogP contribution in [0.3, 0.4) is 0 Å². The van der Waals surface area contributed by atoms with Crippen molar-refractivity contribution in [2.75, 3.05) is 16.0 Å². The Hall–Kier alpha value is -4.79. The lowest BCUT2D eigenvalue weighted by Gasteiger charge is -2.13. The predicted octanol–water partition coefficient (Wildman–Crippen LogP) is 5.74. The topological polar surface area (TPSA) is 103 Å². The lowest BCUT2D eigenvalue weighted by molar-refractivity contribution is 0.102. The van der Waals surface area contributed by atoms with Crippen molar-refractivity contribution in [3.63, 3.8) is 0 Å². The molecule has 7 nitrogen and oxygen atoms in total. The molecule has 0 saturated carbocycles. The van der Waals surface area contributed by atoms with Crippen molar-refractivity contribution in [2.24, 2.45) is 0 Å². The van der Waals surface area contributed by atoms with Gasteiger partial charge in [-0.1, -0.05) is 6.07 Å². The summed E-state index contributed by atoms with van der Waals surface area (Å²) in [6, 6.07) is 26.1. The third kappa shape index (κ3) is 5.15. The first-order valence-electron chi connectivity index (χ1n) is 11.1. The van der Waals surface area contributed by atoms with Gasteiger partial charge in [-0.25, -0.2) is 0 Å². The Labute approximate surface area is 210 Å². The molecule has 174 valence electrons. The minimum Gasteiger partial charge on any atom is -0.355 e. The van der Waals surface area contributed by atoms with E-state index in [4.69, 9.17) is 0 Å². The number of benzene rings is 3. The minimum absolute atomic E-state index is 0.209. The zero-order valence-electron chi connectivity index (χ0n) is 19.1. The highest BCUT2D eigenvalue weighted by molar-refractivity contribution is 7.28. The summed E-state index contributed by atoms with van der Waals surface area (Å²) in [5, 5.41) is 20.6. The molecule has 3 N–H and O–H groups in total. The largest absolute Gasteiger partial charge is 0.355 e. The Kier molecular flexibility index (Phi) is 6.53. The van der Waals surface area contributed by atoms with Crippen LogP contribution in [0.4, 0.5) is 28.4 Å². The molecule has 0 saturated heterocycles. The van der Waals surface area contributed by atoms with E-state index in [1.165, 1.54) is 0 Å². The second-order valence-electron chi connectivity index (χ2n) is 8.02. The molecule has 0 aliphatic carbocycles. The Morgan fingerprint density at radius 1 is 0.778 bits per heavy atom. The van der Waals surface area contributed by atoms with Crippen molar-refractivity contribution in [3.05, 3.63) is 109 Å². The molecule has 5 rings (SSSR count).